The van der Waals surface area contributed by atoms with Gasteiger partial charge in [0.2, 0.25) is 5.91 Å². The number of carboxylic acids is 1. The van der Waals surface area contributed by atoms with Gasteiger partial charge in [-0.2, -0.15) is 11.8 Å². The van der Waals surface area contributed by atoms with Crippen molar-refractivity contribution in [3.05, 3.63) is 24.3 Å². The van der Waals surface area contributed by atoms with E-state index in [1.807, 2.05) is 24.3 Å². The van der Waals surface area contributed by atoms with E-state index in [1.54, 1.807) is 18.9 Å². The number of hydrogen-bond donors (Lipinski definition) is 2. The molecular weight excluding hydrogens is 310 g/mol. The van der Waals surface area contributed by atoms with Gasteiger partial charge in [0.05, 0.1) is 12.9 Å². The molecule has 7 heteroatoms. The van der Waals surface area contributed by atoms with Gasteiger partial charge in [-0.1, -0.05) is 6.07 Å². The smallest absolute Gasteiger partial charge is 0.330 e. The molecule has 1 atom stereocenters. The van der Waals surface area contributed by atoms with E-state index in [2.05, 4.69) is 5.32 Å². The van der Waals surface area contributed by atoms with Gasteiger partial charge in [-0.05, 0) is 30.4 Å². The van der Waals surface area contributed by atoms with Crippen LogP contribution in [0.5, 0.6) is 5.75 Å². The lowest BCUT2D eigenvalue weighted by molar-refractivity contribution is -0.146. The maximum atomic E-state index is 12.0. The molecule has 1 aliphatic rings. The van der Waals surface area contributed by atoms with Crippen molar-refractivity contribution in [3.8, 4) is 5.75 Å². The van der Waals surface area contributed by atoms with E-state index in [9.17, 15) is 14.7 Å². The van der Waals surface area contributed by atoms with E-state index in [1.165, 1.54) is 11.8 Å². The second-order valence-corrected chi connectivity index (χ2v) is 6.86. The maximum absolute atomic E-state index is 12.0. The van der Waals surface area contributed by atoms with Crippen LogP contribution in [0, 0.1) is 0 Å². The highest BCUT2D eigenvalue weighted by atomic mass is 32.2. The number of hydrogen-bond acceptors (Lipinski definition) is 5. The Bertz CT molecular complexity index is 529. The molecule has 1 saturated heterocycles. The third-order valence-corrected chi connectivity index (χ3v) is 5.40. The third-order valence-electron chi connectivity index (χ3n) is 3.22. The molecule has 5 nitrogen and oxygen atoms in total. The van der Waals surface area contributed by atoms with Gasteiger partial charge in [-0.3, -0.25) is 4.79 Å². The summed E-state index contributed by atoms with van der Waals surface area (Å²) in [6, 6.07) is 7.42. The summed E-state index contributed by atoms with van der Waals surface area (Å²) in [6.45, 7) is 0. The normalized spacial score (nSPS) is 21.0. The van der Waals surface area contributed by atoms with E-state index in [0.717, 1.165) is 16.4 Å². The summed E-state index contributed by atoms with van der Waals surface area (Å²) in [6.07, 6.45) is 0.475. The molecule has 0 radical (unpaired) electrons. The van der Waals surface area contributed by atoms with Gasteiger partial charge in [-0.15, -0.1) is 11.8 Å². The molecule has 1 heterocycles. The van der Waals surface area contributed by atoms with E-state index in [-0.39, 0.29) is 11.7 Å². The first-order valence-corrected chi connectivity index (χ1v) is 8.59. The second-order valence-electron chi connectivity index (χ2n) is 4.71. The molecule has 0 aromatic heterocycles. The van der Waals surface area contributed by atoms with Crippen LogP contribution in [0.1, 0.15) is 6.42 Å². The monoisotopic (exact) mass is 327 g/mol. The summed E-state index contributed by atoms with van der Waals surface area (Å²) in [4.78, 5) is 24.3. The molecule has 1 aromatic rings. The summed E-state index contributed by atoms with van der Waals surface area (Å²) in [5.41, 5.74) is -1.10. The Morgan fingerprint density at radius 1 is 1.52 bits per heavy atom. The fourth-order valence-electron chi connectivity index (χ4n) is 2.03. The number of methoxy groups -OCH3 is 1. The van der Waals surface area contributed by atoms with Crippen molar-refractivity contribution in [1.82, 2.24) is 5.32 Å². The number of amides is 1. The number of thioether (sulfide) groups is 2. The fraction of sp³-hybridized carbons (Fsp3) is 0.429. The number of carbonyl (C=O) groups excluding carboxylic acids is 1. The molecule has 1 aromatic carbocycles. The van der Waals surface area contributed by atoms with Crippen LogP contribution in [-0.4, -0.2) is 46.9 Å². The number of carboxylic acid groups (broad SMARTS) is 1. The van der Waals surface area contributed by atoms with E-state index >= 15 is 0 Å². The van der Waals surface area contributed by atoms with Crippen LogP contribution in [0.25, 0.3) is 0 Å². The molecule has 1 fully saturated rings. The summed E-state index contributed by atoms with van der Waals surface area (Å²) in [5, 5.41) is 12.0. The highest BCUT2D eigenvalue weighted by Gasteiger charge is 2.43. The molecule has 2 rings (SSSR count). The lowest BCUT2D eigenvalue weighted by Crippen LogP contribution is -2.55. The number of benzene rings is 1. The number of carbonyl (C=O) groups is 2. The average Bonchev–Trinajstić information content (AvgIpc) is 2.95. The minimum atomic E-state index is -1.10. The van der Waals surface area contributed by atoms with E-state index in [4.69, 9.17) is 4.74 Å². The highest BCUT2D eigenvalue weighted by Crippen LogP contribution is 2.29. The predicted octanol–water partition coefficient (Wildman–Crippen LogP) is 1.86. The Morgan fingerprint density at radius 2 is 2.33 bits per heavy atom. The van der Waals surface area contributed by atoms with Gasteiger partial charge in [0.1, 0.15) is 11.3 Å². The van der Waals surface area contributed by atoms with Crippen molar-refractivity contribution >= 4 is 35.4 Å². The van der Waals surface area contributed by atoms with Crippen LogP contribution >= 0.6 is 23.5 Å². The highest BCUT2D eigenvalue weighted by molar-refractivity contribution is 8.00. The number of rotatable bonds is 6. The van der Waals surface area contributed by atoms with Crippen molar-refractivity contribution in [2.75, 3.05) is 24.4 Å². The molecule has 21 heavy (non-hydrogen) atoms. The summed E-state index contributed by atoms with van der Waals surface area (Å²) in [7, 11) is 1.59. The molecule has 1 aliphatic heterocycles. The Kier molecular flexibility index (Phi) is 5.41. The molecule has 2 N–H and O–H groups in total. The first-order valence-electron chi connectivity index (χ1n) is 6.45. The zero-order valence-corrected chi connectivity index (χ0v) is 13.3. The molecule has 0 bridgehead atoms. The van der Waals surface area contributed by atoms with Crippen molar-refractivity contribution in [3.63, 3.8) is 0 Å². The van der Waals surface area contributed by atoms with Crippen LogP contribution in [0.15, 0.2) is 29.2 Å². The number of nitrogens with one attached hydrogen (secondary N) is 1. The van der Waals surface area contributed by atoms with Crippen molar-refractivity contribution in [1.29, 1.82) is 0 Å². The average molecular weight is 327 g/mol. The van der Waals surface area contributed by atoms with Crippen molar-refractivity contribution in [2.45, 2.75) is 16.9 Å². The van der Waals surface area contributed by atoms with Crippen LogP contribution in [0.3, 0.4) is 0 Å². The molecule has 1 amide bonds. The minimum Gasteiger partial charge on any atom is -0.497 e. The first-order chi connectivity index (χ1) is 10.1. The van der Waals surface area contributed by atoms with Crippen molar-refractivity contribution < 1.29 is 19.4 Å². The third kappa shape index (κ3) is 4.07. The zero-order chi connectivity index (χ0) is 15.3. The SMILES string of the molecule is COc1cccc(SCC(=O)NC2(C(=O)O)CCSC2)c1. The molecular formula is C14H17NO4S2. The molecule has 1 unspecified atom stereocenters. The minimum absolute atomic E-state index is 0.187. The van der Waals surface area contributed by atoms with Crippen LogP contribution in [-0.2, 0) is 9.59 Å². The standard InChI is InChI=1S/C14H17NO4S2/c1-19-10-3-2-4-11(7-10)21-8-12(16)15-14(13(17)18)5-6-20-9-14/h2-4,7H,5-6,8-9H2,1H3,(H,15,16)(H,17,18). The summed E-state index contributed by atoms with van der Waals surface area (Å²) < 4.78 is 5.12. The zero-order valence-electron chi connectivity index (χ0n) is 11.6. The lowest BCUT2D eigenvalue weighted by atomic mass is 9.99. The lowest BCUT2D eigenvalue weighted by Gasteiger charge is -2.24. The van der Waals surface area contributed by atoms with Crippen LogP contribution in [0.4, 0.5) is 0 Å². The van der Waals surface area contributed by atoms with Crippen LogP contribution < -0.4 is 10.1 Å². The van der Waals surface area contributed by atoms with E-state index in [0.29, 0.717) is 12.2 Å². The quantitative estimate of drug-likeness (QED) is 0.777. The van der Waals surface area contributed by atoms with Gasteiger partial charge in [0.25, 0.3) is 0 Å². The second kappa shape index (κ2) is 7.09. The Labute approximate surface area is 131 Å². The predicted molar refractivity (Wildman–Crippen MR) is 84.2 cm³/mol. The molecule has 114 valence electrons. The Morgan fingerprint density at radius 3 is 2.95 bits per heavy atom. The largest absolute Gasteiger partial charge is 0.497 e. The molecule has 0 saturated carbocycles. The summed E-state index contributed by atoms with van der Waals surface area (Å²) in [5.74, 6) is 0.898. The number of ether oxygens (including phenoxy) is 1. The van der Waals surface area contributed by atoms with E-state index < -0.39 is 11.5 Å². The molecule has 0 spiro atoms. The van der Waals surface area contributed by atoms with Crippen LogP contribution in [0.2, 0.25) is 0 Å². The van der Waals surface area contributed by atoms with Gasteiger partial charge in [0, 0.05) is 10.6 Å². The topological polar surface area (TPSA) is 75.6 Å². The van der Waals surface area contributed by atoms with Gasteiger partial charge < -0.3 is 15.2 Å². The van der Waals surface area contributed by atoms with Gasteiger partial charge in [0.15, 0.2) is 0 Å². The first kappa shape index (κ1) is 16.0. The van der Waals surface area contributed by atoms with Crippen molar-refractivity contribution in [2.24, 2.45) is 0 Å². The maximum Gasteiger partial charge on any atom is 0.330 e. The van der Waals surface area contributed by atoms with Gasteiger partial charge in [-0.25, -0.2) is 4.79 Å². The number of aliphatic carboxylic acids is 1. The fourth-order valence-corrected chi connectivity index (χ4v) is 4.10. The Hall–Kier alpha value is -1.34. The molecule has 0 aliphatic carbocycles. The van der Waals surface area contributed by atoms with Gasteiger partial charge >= 0.3 is 5.97 Å². The Balaban J connectivity index is 1.91. The summed E-state index contributed by atoms with van der Waals surface area (Å²) >= 11 is 2.91.